The number of fused-ring (bicyclic) bond motifs is 1. The van der Waals surface area contributed by atoms with E-state index in [9.17, 15) is 4.79 Å². The maximum absolute atomic E-state index is 11.6. The van der Waals surface area contributed by atoms with Gasteiger partial charge in [0.2, 0.25) is 0 Å². The van der Waals surface area contributed by atoms with Gasteiger partial charge in [-0.25, -0.2) is 0 Å². The van der Waals surface area contributed by atoms with E-state index in [1.54, 1.807) is 13.2 Å². The van der Waals surface area contributed by atoms with E-state index in [1.807, 2.05) is 12.1 Å². The van der Waals surface area contributed by atoms with Gasteiger partial charge in [-0.05, 0) is 24.0 Å². The molecule has 1 amide bonds. The van der Waals surface area contributed by atoms with Gasteiger partial charge in [0.1, 0.15) is 5.69 Å². The molecule has 0 bridgehead atoms. The molecule has 0 aromatic carbocycles. The van der Waals surface area contributed by atoms with E-state index in [0.717, 1.165) is 43.7 Å². The summed E-state index contributed by atoms with van der Waals surface area (Å²) in [6.45, 7) is 4.40. The molecule has 0 spiro atoms. The Morgan fingerprint density at radius 1 is 1.44 bits per heavy atom. The Balaban J connectivity index is 1.79. The predicted molar refractivity (Wildman–Crippen MR) is 69.7 cm³/mol. The lowest BCUT2D eigenvalue weighted by molar-refractivity contribution is 0.0958. The molecule has 2 fully saturated rings. The van der Waals surface area contributed by atoms with Gasteiger partial charge < -0.3 is 15.5 Å². The first-order valence-electron chi connectivity index (χ1n) is 6.41. The lowest BCUT2D eigenvalue weighted by Gasteiger charge is -2.20. The molecule has 0 saturated carbocycles. The van der Waals surface area contributed by atoms with Crippen molar-refractivity contribution in [2.45, 2.75) is 0 Å². The molecule has 0 aliphatic carbocycles. The molecule has 2 atom stereocenters. The number of aromatic nitrogens is 1. The molecular weight excluding hydrogens is 228 g/mol. The zero-order valence-corrected chi connectivity index (χ0v) is 10.5. The van der Waals surface area contributed by atoms with Gasteiger partial charge in [0.05, 0.1) is 0 Å². The van der Waals surface area contributed by atoms with Crippen molar-refractivity contribution in [1.82, 2.24) is 15.6 Å². The Kier molecular flexibility index (Phi) is 2.91. The highest BCUT2D eigenvalue weighted by atomic mass is 16.1. The molecule has 0 radical (unpaired) electrons. The van der Waals surface area contributed by atoms with Crippen LogP contribution in [0.4, 0.5) is 5.69 Å². The minimum absolute atomic E-state index is 0.127. The van der Waals surface area contributed by atoms with Crippen molar-refractivity contribution < 1.29 is 4.79 Å². The zero-order valence-electron chi connectivity index (χ0n) is 10.5. The number of anilines is 1. The van der Waals surface area contributed by atoms with Crippen molar-refractivity contribution in [2.24, 2.45) is 11.8 Å². The van der Waals surface area contributed by atoms with Crippen LogP contribution in [0, 0.1) is 11.8 Å². The van der Waals surface area contributed by atoms with Gasteiger partial charge in [-0.3, -0.25) is 9.78 Å². The predicted octanol–water partition coefficient (Wildman–Crippen LogP) is 0.0968. The van der Waals surface area contributed by atoms with E-state index in [2.05, 4.69) is 20.5 Å². The van der Waals surface area contributed by atoms with E-state index in [4.69, 9.17) is 0 Å². The molecule has 2 N–H and O–H groups in total. The van der Waals surface area contributed by atoms with Gasteiger partial charge >= 0.3 is 0 Å². The zero-order chi connectivity index (χ0) is 12.5. The first kappa shape index (κ1) is 11.5. The van der Waals surface area contributed by atoms with Crippen LogP contribution in [-0.2, 0) is 0 Å². The minimum atomic E-state index is -0.127. The quantitative estimate of drug-likeness (QED) is 0.777. The molecule has 18 heavy (non-hydrogen) atoms. The van der Waals surface area contributed by atoms with Crippen molar-refractivity contribution in [2.75, 3.05) is 38.1 Å². The number of carbonyl (C=O) groups is 1. The normalized spacial score (nSPS) is 26.2. The Morgan fingerprint density at radius 3 is 2.83 bits per heavy atom. The fraction of sp³-hybridized carbons (Fsp3) is 0.538. The summed E-state index contributed by atoms with van der Waals surface area (Å²) in [6, 6.07) is 3.87. The van der Waals surface area contributed by atoms with Crippen molar-refractivity contribution in [3.05, 3.63) is 24.0 Å². The van der Waals surface area contributed by atoms with Crippen molar-refractivity contribution >= 4 is 11.6 Å². The SMILES string of the molecule is CNC(=O)c1cc(N2C[C@H]3CNC[C@H]3C2)ccn1. The second-order valence-corrected chi connectivity index (χ2v) is 5.06. The molecule has 1 aromatic rings. The van der Waals surface area contributed by atoms with Crippen LogP contribution in [0.25, 0.3) is 0 Å². The number of amides is 1. The fourth-order valence-electron chi connectivity index (χ4n) is 2.93. The van der Waals surface area contributed by atoms with Crippen LogP contribution >= 0.6 is 0 Å². The minimum Gasteiger partial charge on any atom is -0.371 e. The van der Waals surface area contributed by atoms with E-state index in [1.165, 1.54) is 0 Å². The highest BCUT2D eigenvalue weighted by Gasteiger charge is 2.36. The molecule has 3 heterocycles. The third-order valence-corrected chi connectivity index (χ3v) is 3.96. The van der Waals surface area contributed by atoms with Gasteiger partial charge in [0.15, 0.2) is 0 Å². The summed E-state index contributed by atoms with van der Waals surface area (Å²) in [6.07, 6.45) is 1.71. The van der Waals surface area contributed by atoms with Crippen LogP contribution in [0.2, 0.25) is 0 Å². The van der Waals surface area contributed by atoms with E-state index >= 15 is 0 Å². The average Bonchev–Trinajstić information content (AvgIpc) is 2.98. The molecule has 1 aromatic heterocycles. The summed E-state index contributed by atoms with van der Waals surface area (Å²) in [5, 5.41) is 6.04. The van der Waals surface area contributed by atoms with E-state index in [-0.39, 0.29) is 5.91 Å². The van der Waals surface area contributed by atoms with Crippen molar-refractivity contribution in [3.63, 3.8) is 0 Å². The Morgan fingerprint density at radius 2 is 2.17 bits per heavy atom. The number of nitrogens with one attached hydrogen (secondary N) is 2. The highest BCUT2D eigenvalue weighted by Crippen LogP contribution is 2.30. The van der Waals surface area contributed by atoms with Crippen LogP contribution in [0.1, 0.15) is 10.5 Å². The highest BCUT2D eigenvalue weighted by molar-refractivity contribution is 5.92. The first-order valence-corrected chi connectivity index (χ1v) is 6.41. The molecule has 2 aliphatic rings. The summed E-state index contributed by atoms with van der Waals surface area (Å²) >= 11 is 0. The lowest BCUT2D eigenvalue weighted by Crippen LogP contribution is -2.26. The Bertz CT molecular complexity index is 450. The molecule has 2 aliphatic heterocycles. The Labute approximate surface area is 107 Å². The number of carbonyl (C=O) groups excluding carboxylic acids is 1. The number of rotatable bonds is 2. The van der Waals surface area contributed by atoms with Gasteiger partial charge in [0, 0.05) is 45.1 Å². The average molecular weight is 246 g/mol. The second kappa shape index (κ2) is 4.57. The molecular formula is C13H18N4O. The molecule has 0 unspecified atom stereocenters. The Hall–Kier alpha value is -1.62. The summed E-state index contributed by atoms with van der Waals surface area (Å²) < 4.78 is 0. The van der Waals surface area contributed by atoms with Crippen molar-refractivity contribution in [1.29, 1.82) is 0 Å². The molecule has 5 nitrogen and oxygen atoms in total. The van der Waals surface area contributed by atoms with E-state index < -0.39 is 0 Å². The van der Waals surface area contributed by atoms with Crippen molar-refractivity contribution in [3.8, 4) is 0 Å². The smallest absolute Gasteiger partial charge is 0.269 e. The first-order chi connectivity index (χ1) is 8.78. The third-order valence-electron chi connectivity index (χ3n) is 3.96. The monoisotopic (exact) mass is 246 g/mol. The van der Waals surface area contributed by atoms with Gasteiger partial charge in [-0.2, -0.15) is 0 Å². The fourth-order valence-corrected chi connectivity index (χ4v) is 2.93. The standard InChI is InChI=1S/C13H18N4O/c1-14-13(18)12-4-11(2-3-16-12)17-7-9-5-15-6-10(9)8-17/h2-4,9-10,15H,5-8H2,1H3,(H,14,18)/t9-,10+. The summed E-state index contributed by atoms with van der Waals surface area (Å²) in [4.78, 5) is 18.0. The van der Waals surface area contributed by atoms with Crippen LogP contribution in [0.5, 0.6) is 0 Å². The van der Waals surface area contributed by atoms with Gasteiger partial charge in [0.25, 0.3) is 5.91 Å². The number of pyridine rings is 1. The largest absolute Gasteiger partial charge is 0.371 e. The van der Waals surface area contributed by atoms with Gasteiger partial charge in [-0.1, -0.05) is 0 Å². The third kappa shape index (κ3) is 1.95. The maximum atomic E-state index is 11.6. The van der Waals surface area contributed by atoms with Gasteiger partial charge in [-0.15, -0.1) is 0 Å². The van der Waals surface area contributed by atoms with Crippen LogP contribution < -0.4 is 15.5 Å². The maximum Gasteiger partial charge on any atom is 0.269 e. The van der Waals surface area contributed by atoms with E-state index in [0.29, 0.717) is 5.69 Å². The molecule has 5 heteroatoms. The number of nitrogens with zero attached hydrogens (tertiary/aromatic N) is 2. The van der Waals surface area contributed by atoms with Crippen LogP contribution in [-0.4, -0.2) is 44.1 Å². The summed E-state index contributed by atoms with van der Waals surface area (Å²) in [5.41, 5.74) is 1.60. The van der Waals surface area contributed by atoms with Crippen LogP contribution in [0.3, 0.4) is 0 Å². The number of hydrogen-bond donors (Lipinski definition) is 2. The lowest BCUT2D eigenvalue weighted by atomic mass is 10.0. The summed E-state index contributed by atoms with van der Waals surface area (Å²) in [7, 11) is 1.63. The summed E-state index contributed by atoms with van der Waals surface area (Å²) in [5.74, 6) is 1.38. The topological polar surface area (TPSA) is 57.3 Å². The second-order valence-electron chi connectivity index (χ2n) is 5.06. The molecule has 96 valence electrons. The number of hydrogen-bond acceptors (Lipinski definition) is 4. The molecule has 3 rings (SSSR count). The molecule has 2 saturated heterocycles. The van der Waals surface area contributed by atoms with Crippen LogP contribution in [0.15, 0.2) is 18.3 Å².